The topological polar surface area (TPSA) is 95.2 Å². The number of pyridine rings is 2. The highest BCUT2D eigenvalue weighted by molar-refractivity contribution is 7.89. The summed E-state index contributed by atoms with van der Waals surface area (Å²) in [5.41, 5.74) is 2.05. The molecule has 0 unspecified atom stereocenters. The largest absolute Gasteiger partial charge is 0.365 e. The van der Waals surface area contributed by atoms with Gasteiger partial charge in [0.2, 0.25) is 10.0 Å². The molecule has 2 N–H and O–H groups in total. The lowest BCUT2D eigenvalue weighted by molar-refractivity contribution is 0.346. The van der Waals surface area contributed by atoms with E-state index < -0.39 is 10.0 Å². The van der Waals surface area contributed by atoms with Crippen molar-refractivity contribution in [1.29, 1.82) is 0 Å². The quantitative estimate of drug-likeness (QED) is 0.834. The molecule has 8 heteroatoms. The van der Waals surface area contributed by atoms with Crippen LogP contribution in [0.3, 0.4) is 0 Å². The van der Waals surface area contributed by atoms with E-state index in [1.807, 2.05) is 19.9 Å². The Balaban J connectivity index is 1.87. The third-order valence-electron chi connectivity index (χ3n) is 4.63. The van der Waals surface area contributed by atoms with Gasteiger partial charge in [-0.2, -0.15) is 4.31 Å². The molecule has 1 aliphatic rings. The second-order valence-corrected chi connectivity index (χ2v) is 8.52. The van der Waals surface area contributed by atoms with Crippen LogP contribution in [0.15, 0.2) is 34.1 Å². The molecule has 0 spiro atoms. The minimum atomic E-state index is -3.60. The second kappa shape index (κ2) is 7.59. The minimum absolute atomic E-state index is 0.156. The zero-order chi connectivity index (χ0) is 18.7. The molecule has 0 aliphatic carbocycles. The molecule has 2 aromatic rings. The molecule has 0 saturated carbocycles. The van der Waals surface area contributed by atoms with E-state index in [4.69, 9.17) is 0 Å². The Labute approximate surface area is 153 Å². The number of aromatic amines is 1. The summed E-state index contributed by atoms with van der Waals surface area (Å²) in [7, 11) is -3.60. The van der Waals surface area contributed by atoms with Crippen LogP contribution in [-0.4, -0.2) is 35.8 Å². The van der Waals surface area contributed by atoms with Gasteiger partial charge >= 0.3 is 0 Å². The van der Waals surface area contributed by atoms with Gasteiger partial charge in [-0.25, -0.2) is 13.4 Å². The molecule has 0 amide bonds. The van der Waals surface area contributed by atoms with E-state index in [1.165, 1.54) is 4.31 Å². The van der Waals surface area contributed by atoms with Crippen molar-refractivity contribution in [2.24, 2.45) is 0 Å². The van der Waals surface area contributed by atoms with Crippen LogP contribution in [0.5, 0.6) is 0 Å². The maximum absolute atomic E-state index is 13.0. The number of piperidine rings is 1. The van der Waals surface area contributed by atoms with Crippen molar-refractivity contribution in [3.63, 3.8) is 0 Å². The van der Waals surface area contributed by atoms with Gasteiger partial charge in [0, 0.05) is 37.1 Å². The Kier molecular flexibility index (Phi) is 5.43. The van der Waals surface area contributed by atoms with Crippen molar-refractivity contribution < 1.29 is 8.42 Å². The average molecular weight is 376 g/mol. The number of nitrogens with one attached hydrogen (secondary N) is 2. The van der Waals surface area contributed by atoms with E-state index in [0.29, 0.717) is 18.7 Å². The molecule has 1 fully saturated rings. The van der Waals surface area contributed by atoms with Crippen molar-refractivity contribution in [2.45, 2.75) is 44.6 Å². The van der Waals surface area contributed by atoms with Crippen molar-refractivity contribution >= 4 is 15.8 Å². The Morgan fingerprint density at radius 2 is 1.96 bits per heavy atom. The molecule has 0 aromatic carbocycles. The molecular formula is C18H24N4O3S. The van der Waals surface area contributed by atoms with Crippen LogP contribution in [0.2, 0.25) is 0 Å². The molecule has 26 heavy (non-hydrogen) atoms. The van der Waals surface area contributed by atoms with Crippen molar-refractivity contribution in [1.82, 2.24) is 14.3 Å². The zero-order valence-electron chi connectivity index (χ0n) is 15.1. The van der Waals surface area contributed by atoms with E-state index >= 15 is 0 Å². The van der Waals surface area contributed by atoms with Crippen LogP contribution in [-0.2, 0) is 16.6 Å². The molecule has 1 aliphatic heterocycles. The molecule has 1 saturated heterocycles. The molecule has 0 radical (unpaired) electrons. The number of rotatable bonds is 5. The molecule has 3 rings (SSSR count). The maximum atomic E-state index is 13.0. The molecular weight excluding hydrogens is 352 g/mol. The highest BCUT2D eigenvalue weighted by Gasteiger charge is 2.28. The average Bonchev–Trinajstić information content (AvgIpc) is 2.62. The Morgan fingerprint density at radius 3 is 2.65 bits per heavy atom. The third kappa shape index (κ3) is 3.81. The summed E-state index contributed by atoms with van der Waals surface area (Å²) in [6, 6.07) is 5.07. The second-order valence-electron chi connectivity index (χ2n) is 6.61. The molecule has 0 atom stereocenters. The summed E-state index contributed by atoms with van der Waals surface area (Å²) >= 11 is 0. The zero-order valence-corrected chi connectivity index (χ0v) is 15.9. The van der Waals surface area contributed by atoms with Gasteiger partial charge in [-0.15, -0.1) is 0 Å². The fourth-order valence-corrected chi connectivity index (χ4v) is 4.89. The first kappa shape index (κ1) is 18.6. The minimum Gasteiger partial charge on any atom is -0.365 e. The number of hydrogen-bond acceptors (Lipinski definition) is 5. The lowest BCUT2D eigenvalue weighted by atomic mass is 10.1. The number of aryl methyl sites for hydroxylation is 2. The van der Waals surface area contributed by atoms with E-state index in [1.54, 1.807) is 18.3 Å². The predicted octanol–water partition coefficient (Wildman–Crippen LogP) is 2.17. The number of sulfonamides is 1. The van der Waals surface area contributed by atoms with E-state index in [-0.39, 0.29) is 22.8 Å². The lowest BCUT2D eigenvalue weighted by Crippen LogP contribution is -2.36. The highest BCUT2D eigenvalue weighted by atomic mass is 32.2. The van der Waals surface area contributed by atoms with Gasteiger partial charge in [0.05, 0.1) is 0 Å². The SMILES string of the molecule is Cc1cc(C)c(CNc2ncccc2S(=O)(=O)N2CCCCC2)c(=O)[nH]1. The van der Waals surface area contributed by atoms with Crippen LogP contribution in [0, 0.1) is 13.8 Å². The van der Waals surface area contributed by atoms with E-state index in [2.05, 4.69) is 15.3 Å². The summed E-state index contributed by atoms with van der Waals surface area (Å²) < 4.78 is 27.5. The maximum Gasteiger partial charge on any atom is 0.253 e. The van der Waals surface area contributed by atoms with Crippen molar-refractivity contribution in [3.05, 3.63) is 51.6 Å². The van der Waals surface area contributed by atoms with Crippen LogP contribution >= 0.6 is 0 Å². The van der Waals surface area contributed by atoms with Crippen molar-refractivity contribution in [2.75, 3.05) is 18.4 Å². The van der Waals surface area contributed by atoms with E-state index in [9.17, 15) is 13.2 Å². The number of anilines is 1. The third-order valence-corrected chi connectivity index (χ3v) is 6.56. The van der Waals surface area contributed by atoms with Gasteiger partial charge in [-0.1, -0.05) is 6.42 Å². The first-order valence-corrected chi connectivity index (χ1v) is 10.2. The summed E-state index contributed by atoms with van der Waals surface area (Å²) in [4.78, 5) is 19.3. The monoisotopic (exact) mass is 376 g/mol. The fraction of sp³-hybridized carbons (Fsp3) is 0.444. The molecule has 0 bridgehead atoms. The molecule has 140 valence electrons. The summed E-state index contributed by atoms with van der Waals surface area (Å²) in [6.07, 6.45) is 4.35. The van der Waals surface area contributed by atoms with Gasteiger partial charge in [-0.05, 0) is 50.5 Å². The predicted molar refractivity (Wildman–Crippen MR) is 101 cm³/mol. The van der Waals surface area contributed by atoms with Crippen LogP contribution in [0.25, 0.3) is 0 Å². The Hall–Kier alpha value is -2.19. The first-order chi connectivity index (χ1) is 12.4. The van der Waals surface area contributed by atoms with Gasteiger partial charge in [0.1, 0.15) is 10.7 Å². The van der Waals surface area contributed by atoms with Gasteiger partial charge in [0.15, 0.2) is 0 Å². The van der Waals surface area contributed by atoms with Crippen LogP contribution < -0.4 is 10.9 Å². The summed E-state index contributed by atoms with van der Waals surface area (Å²) in [6.45, 7) is 4.97. The van der Waals surface area contributed by atoms with Crippen molar-refractivity contribution in [3.8, 4) is 0 Å². The van der Waals surface area contributed by atoms with Crippen LogP contribution in [0.4, 0.5) is 5.82 Å². The number of nitrogens with zero attached hydrogens (tertiary/aromatic N) is 2. The Morgan fingerprint density at radius 1 is 1.23 bits per heavy atom. The number of H-pyrrole nitrogens is 1. The number of aromatic nitrogens is 2. The summed E-state index contributed by atoms with van der Waals surface area (Å²) in [5, 5.41) is 3.04. The standard InChI is InChI=1S/C18H24N4O3S/c1-13-11-14(2)21-18(23)15(13)12-20-17-16(7-6-8-19-17)26(24,25)22-9-4-3-5-10-22/h6-8,11H,3-5,9-10,12H2,1-2H3,(H,19,20)(H,21,23). The van der Waals surface area contributed by atoms with Gasteiger partial charge in [0.25, 0.3) is 5.56 Å². The smallest absolute Gasteiger partial charge is 0.253 e. The Bertz CT molecular complexity index is 947. The molecule has 3 heterocycles. The highest BCUT2D eigenvalue weighted by Crippen LogP contribution is 2.25. The lowest BCUT2D eigenvalue weighted by Gasteiger charge is -2.26. The van der Waals surface area contributed by atoms with Gasteiger partial charge < -0.3 is 10.3 Å². The van der Waals surface area contributed by atoms with Crippen LogP contribution in [0.1, 0.15) is 36.1 Å². The molecule has 7 nitrogen and oxygen atoms in total. The fourth-order valence-electron chi connectivity index (χ4n) is 3.25. The van der Waals surface area contributed by atoms with E-state index in [0.717, 1.165) is 30.5 Å². The number of hydrogen-bond donors (Lipinski definition) is 2. The molecule has 2 aromatic heterocycles. The van der Waals surface area contributed by atoms with Gasteiger partial charge in [-0.3, -0.25) is 4.79 Å². The summed E-state index contributed by atoms with van der Waals surface area (Å²) in [5.74, 6) is 0.275. The first-order valence-electron chi connectivity index (χ1n) is 8.78. The normalized spacial score (nSPS) is 15.8.